The van der Waals surface area contributed by atoms with Gasteiger partial charge in [0.25, 0.3) is 0 Å². The predicted octanol–water partition coefficient (Wildman–Crippen LogP) is 2.87. The quantitative estimate of drug-likeness (QED) is 0.712. The molecule has 0 unspecified atom stereocenters. The van der Waals surface area contributed by atoms with Crippen LogP contribution >= 0.6 is 11.6 Å². The molecule has 0 aliphatic heterocycles. The van der Waals surface area contributed by atoms with Crippen molar-refractivity contribution < 1.29 is 14.1 Å². The number of halogens is 1. The molecule has 0 radical (unpaired) electrons. The van der Waals surface area contributed by atoms with E-state index in [4.69, 9.17) is 20.9 Å². The lowest BCUT2D eigenvalue weighted by atomic mass is 10.2. The lowest BCUT2D eigenvalue weighted by Crippen LogP contribution is -2.25. The van der Waals surface area contributed by atoms with Gasteiger partial charge in [0.1, 0.15) is 0 Å². The number of nitrogens with one attached hydrogen (secondary N) is 1. The highest BCUT2D eigenvalue weighted by Gasteiger charge is 2.10. The van der Waals surface area contributed by atoms with Gasteiger partial charge in [-0.25, -0.2) is 0 Å². The molecule has 2 aromatic rings. The van der Waals surface area contributed by atoms with Crippen LogP contribution in [-0.2, 0) is 16.0 Å². The molecule has 2 rings (SSSR count). The molecule has 1 aromatic heterocycles. The number of ether oxygens (including phenoxy) is 1. The molecule has 0 saturated carbocycles. The van der Waals surface area contributed by atoms with Crippen molar-refractivity contribution in [2.75, 3.05) is 19.8 Å². The second-order valence-electron chi connectivity index (χ2n) is 4.92. The molecule has 124 valence electrons. The first-order valence-corrected chi connectivity index (χ1v) is 8.00. The minimum absolute atomic E-state index is 0.0380. The Morgan fingerprint density at radius 2 is 2.30 bits per heavy atom. The van der Waals surface area contributed by atoms with E-state index in [0.717, 1.165) is 12.0 Å². The number of hydrogen-bond acceptors (Lipinski definition) is 5. The average Bonchev–Trinajstić information content (AvgIpc) is 3.02. The Balaban J connectivity index is 1.75. The minimum atomic E-state index is -0.0380. The first kappa shape index (κ1) is 17.4. The van der Waals surface area contributed by atoms with Gasteiger partial charge < -0.3 is 14.6 Å². The molecule has 0 spiro atoms. The SMILES string of the molecule is CCOCCCNC(=O)CCc1nc(-c2cccc(Cl)c2)no1. The summed E-state index contributed by atoms with van der Waals surface area (Å²) >= 11 is 5.94. The summed E-state index contributed by atoms with van der Waals surface area (Å²) in [4.78, 5) is 16.0. The summed E-state index contributed by atoms with van der Waals surface area (Å²) in [5.74, 6) is 0.869. The third kappa shape index (κ3) is 6.00. The largest absolute Gasteiger partial charge is 0.382 e. The van der Waals surface area contributed by atoms with Crippen LogP contribution in [0.4, 0.5) is 0 Å². The highest BCUT2D eigenvalue weighted by atomic mass is 35.5. The first-order valence-electron chi connectivity index (χ1n) is 7.62. The molecule has 1 heterocycles. The number of carbonyl (C=O) groups excluding carboxylic acids is 1. The Morgan fingerprint density at radius 1 is 1.43 bits per heavy atom. The van der Waals surface area contributed by atoms with E-state index in [0.29, 0.717) is 49.3 Å². The summed E-state index contributed by atoms with van der Waals surface area (Å²) in [6.45, 7) is 3.90. The molecule has 23 heavy (non-hydrogen) atoms. The molecule has 1 amide bonds. The van der Waals surface area contributed by atoms with Crippen LogP contribution in [0.3, 0.4) is 0 Å². The van der Waals surface area contributed by atoms with Gasteiger partial charge in [-0.05, 0) is 25.5 Å². The van der Waals surface area contributed by atoms with Crippen molar-refractivity contribution in [3.63, 3.8) is 0 Å². The van der Waals surface area contributed by atoms with E-state index in [1.54, 1.807) is 12.1 Å². The normalized spacial score (nSPS) is 10.7. The van der Waals surface area contributed by atoms with Gasteiger partial charge in [0, 0.05) is 43.2 Å². The maximum absolute atomic E-state index is 11.7. The molecule has 1 aromatic carbocycles. The van der Waals surface area contributed by atoms with Gasteiger partial charge in [0.15, 0.2) is 0 Å². The van der Waals surface area contributed by atoms with Crippen molar-refractivity contribution in [2.45, 2.75) is 26.2 Å². The number of benzene rings is 1. The van der Waals surface area contributed by atoms with Crippen molar-refractivity contribution in [1.29, 1.82) is 0 Å². The van der Waals surface area contributed by atoms with Gasteiger partial charge in [-0.3, -0.25) is 4.79 Å². The van der Waals surface area contributed by atoms with E-state index in [9.17, 15) is 4.79 Å². The average molecular weight is 338 g/mol. The van der Waals surface area contributed by atoms with Crippen LogP contribution in [0, 0.1) is 0 Å². The molecular formula is C16H20ClN3O3. The van der Waals surface area contributed by atoms with Gasteiger partial charge in [-0.2, -0.15) is 4.98 Å². The monoisotopic (exact) mass is 337 g/mol. The lowest BCUT2D eigenvalue weighted by Gasteiger charge is -2.04. The summed E-state index contributed by atoms with van der Waals surface area (Å²) in [6, 6.07) is 7.22. The fraction of sp³-hybridized carbons (Fsp3) is 0.438. The van der Waals surface area contributed by atoms with Gasteiger partial charge in [-0.1, -0.05) is 28.9 Å². The van der Waals surface area contributed by atoms with Crippen LogP contribution in [0.15, 0.2) is 28.8 Å². The van der Waals surface area contributed by atoms with Crippen LogP contribution in [-0.4, -0.2) is 35.8 Å². The maximum Gasteiger partial charge on any atom is 0.227 e. The fourth-order valence-electron chi connectivity index (χ4n) is 1.96. The van der Waals surface area contributed by atoms with Crippen LogP contribution in [0.2, 0.25) is 5.02 Å². The Labute approximate surface area is 140 Å². The highest BCUT2D eigenvalue weighted by Crippen LogP contribution is 2.20. The molecule has 0 aliphatic carbocycles. The number of hydrogen-bond donors (Lipinski definition) is 1. The molecule has 6 nitrogen and oxygen atoms in total. The molecular weight excluding hydrogens is 318 g/mol. The Kier molecular flexibility index (Phi) is 7.03. The van der Waals surface area contributed by atoms with Crippen LogP contribution in [0.5, 0.6) is 0 Å². The molecule has 0 aliphatic rings. The van der Waals surface area contributed by atoms with E-state index in [1.807, 2.05) is 19.1 Å². The predicted molar refractivity (Wildman–Crippen MR) is 87.2 cm³/mol. The third-order valence-electron chi connectivity index (χ3n) is 3.11. The first-order chi connectivity index (χ1) is 11.2. The second-order valence-corrected chi connectivity index (χ2v) is 5.36. The summed E-state index contributed by atoms with van der Waals surface area (Å²) in [6.07, 6.45) is 1.52. The van der Waals surface area contributed by atoms with Crippen LogP contribution < -0.4 is 5.32 Å². The Bertz CT molecular complexity index is 631. The van der Waals surface area contributed by atoms with E-state index < -0.39 is 0 Å². The highest BCUT2D eigenvalue weighted by molar-refractivity contribution is 6.30. The topological polar surface area (TPSA) is 77.2 Å². The van der Waals surface area contributed by atoms with Crippen molar-refractivity contribution in [3.8, 4) is 11.4 Å². The van der Waals surface area contributed by atoms with E-state index in [2.05, 4.69) is 15.5 Å². The second kappa shape index (κ2) is 9.27. The fourth-order valence-corrected chi connectivity index (χ4v) is 2.15. The summed E-state index contributed by atoms with van der Waals surface area (Å²) in [5, 5.41) is 7.35. The summed E-state index contributed by atoms with van der Waals surface area (Å²) in [7, 11) is 0. The maximum atomic E-state index is 11.7. The third-order valence-corrected chi connectivity index (χ3v) is 3.34. The van der Waals surface area contributed by atoms with E-state index >= 15 is 0 Å². The van der Waals surface area contributed by atoms with Gasteiger partial charge >= 0.3 is 0 Å². The smallest absolute Gasteiger partial charge is 0.227 e. The van der Waals surface area contributed by atoms with Gasteiger partial charge in [0.2, 0.25) is 17.6 Å². The zero-order valence-electron chi connectivity index (χ0n) is 13.0. The van der Waals surface area contributed by atoms with Gasteiger partial charge in [0.05, 0.1) is 0 Å². The zero-order chi connectivity index (χ0) is 16.5. The van der Waals surface area contributed by atoms with Crippen molar-refractivity contribution in [2.24, 2.45) is 0 Å². The standard InChI is InChI=1S/C16H20ClN3O3/c1-2-22-10-4-9-18-14(21)7-8-15-19-16(20-23-15)12-5-3-6-13(17)11-12/h3,5-6,11H,2,4,7-10H2,1H3,(H,18,21). The summed E-state index contributed by atoms with van der Waals surface area (Å²) in [5.41, 5.74) is 0.785. The lowest BCUT2D eigenvalue weighted by molar-refractivity contribution is -0.121. The van der Waals surface area contributed by atoms with Crippen molar-refractivity contribution >= 4 is 17.5 Å². The number of amides is 1. The van der Waals surface area contributed by atoms with Gasteiger partial charge in [-0.15, -0.1) is 0 Å². The molecule has 0 bridgehead atoms. The molecule has 0 atom stereocenters. The van der Waals surface area contributed by atoms with Crippen molar-refractivity contribution in [3.05, 3.63) is 35.2 Å². The number of aryl methyl sites for hydroxylation is 1. The zero-order valence-corrected chi connectivity index (χ0v) is 13.8. The van der Waals surface area contributed by atoms with Crippen LogP contribution in [0.25, 0.3) is 11.4 Å². The number of carbonyl (C=O) groups is 1. The molecule has 7 heteroatoms. The molecule has 0 fully saturated rings. The Morgan fingerprint density at radius 3 is 3.09 bits per heavy atom. The van der Waals surface area contributed by atoms with Crippen molar-refractivity contribution in [1.82, 2.24) is 15.5 Å². The molecule has 1 N–H and O–H groups in total. The van der Waals surface area contributed by atoms with E-state index in [-0.39, 0.29) is 5.91 Å². The van der Waals surface area contributed by atoms with Crippen LogP contribution in [0.1, 0.15) is 25.7 Å². The molecule has 0 saturated heterocycles. The van der Waals surface area contributed by atoms with E-state index in [1.165, 1.54) is 0 Å². The minimum Gasteiger partial charge on any atom is -0.382 e. The summed E-state index contributed by atoms with van der Waals surface area (Å²) < 4.78 is 10.4. The number of aromatic nitrogens is 2. The Hall–Kier alpha value is -1.92. The number of nitrogens with zero attached hydrogens (tertiary/aromatic N) is 2. The number of rotatable bonds is 9.